The number of pyridine rings is 1. The standard InChI is InChI=1S/C11H11BrN2O2S/c1-7(2)15-10-4-3-8(5-13-10)16-11-14-6-9(12)17-11/h3-7H,1-2H3. The van der Waals surface area contributed by atoms with Gasteiger partial charge in [0.05, 0.1) is 22.3 Å². The van der Waals surface area contributed by atoms with Crippen LogP contribution >= 0.6 is 27.3 Å². The topological polar surface area (TPSA) is 44.2 Å². The van der Waals surface area contributed by atoms with Crippen molar-refractivity contribution in [3.63, 3.8) is 0 Å². The molecule has 0 aliphatic rings. The summed E-state index contributed by atoms with van der Waals surface area (Å²) >= 11 is 4.75. The minimum Gasteiger partial charge on any atom is -0.475 e. The predicted molar refractivity (Wildman–Crippen MR) is 69.9 cm³/mol. The maximum absolute atomic E-state index is 5.52. The van der Waals surface area contributed by atoms with E-state index in [0.717, 1.165) is 3.79 Å². The van der Waals surface area contributed by atoms with Gasteiger partial charge in [-0.3, -0.25) is 0 Å². The molecule has 90 valence electrons. The van der Waals surface area contributed by atoms with Gasteiger partial charge in [-0.15, -0.1) is 0 Å². The van der Waals surface area contributed by atoms with Gasteiger partial charge < -0.3 is 9.47 Å². The van der Waals surface area contributed by atoms with Crippen molar-refractivity contribution in [3.05, 3.63) is 28.3 Å². The molecule has 0 saturated heterocycles. The van der Waals surface area contributed by atoms with Gasteiger partial charge in [-0.1, -0.05) is 11.3 Å². The second-order valence-electron chi connectivity index (χ2n) is 3.53. The first-order chi connectivity index (χ1) is 8.13. The fraction of sp³-hybridized carbons (Fsp3) is 0.273. The van der Waals surface area contributed by atoms with Gasteiger partial charge >= 0.3 is 0 Å². The Morgan fingerprint density at radius 3 is 2.59 bits per heavy atom. The summed E-state index contributed by atoms with van der Waals surface area (Å²) < 4.78 is 11.9. The molecule has 0 amide bonds. The summed E-state index contributed by atoms with van der Waals surface area (Å²) in [6, 6.07) is 3.58. The van der Waals surface area contributed by atoms with Crippen molar-refractivity contribution in [1.82, 2.24) is 9.97 Å². The van der Waals surface area contributed by atoms with Crippen LogP contribution < -0.4 is 9.47 Å². The van der Waals surface area contributed by atoms with E-state index in [4.69, 9.17) is 9.47 Å². The van der Waals surface area contributed by atoms with Crippen LogP contribution in [0.2, 0.25) is 0 Å². The lowest BCUT2D eigenvalue weighted by Gasteiger charge is -2.08. The van der Waals surface area contributed by atoms with E-state index < -0.39 is 0 Å². The summed E-state index contributed by atoms with van der Waals surface area (Å²) in [6.07, 6.45) is 3.43. The molecule has 0 aliphatic carbocycles. The molecule has 0 aliphatic heterocycles. The van der Waals surface area contributed by atoms with Crippen molar-refractivity contribution in [3.8, 4) is 16.8 Å². The van der Waals surface area contributed by atoms with Crippen molar-refractivity contribution in [1.29, 1.82) is 0 Å². The van der Waals surface area contributed by atoms with Crippen LogP contribution in [0.1, 0.15) is 13.8 Å². The number of thiazole rings is 1. The zero-order valence-corrected chi connectivity index (χ0v) is 11.8. The van der Waals surface area contributed by atoms with Crippen molar-refractivity contribution < 1.29 is 9.47 Å². The molecule has 0 N–H and O–H groups in total. The highest BCUT2D eigenvalue weighted by molar-refractivity contribution is 9.11. The Balaban J connectivity index is 2.03. The summed E-state index contributed by atoms with van der Waals surface area (Å²) in [5.41, 5.74) is 0. The van der Waals surface area contributed by atoms with Crippen LogP contribution in [0.15, 0.2) is 28.3 Å². The third-order valence-electron chi connectivity index (χ3n) is 1.73. The first-order valence-electron chi connectivity index (χ1n) is 5.05. The van der Waals surface area contributed by atoms with E-state index >= 15 is 0 Å². The average molecular weight is 315 g/mol. The van der Waals surface area contributed by atoms with Gasteiger partial charge in [-0.2, -0.15) is 0 Å². The van der Waals surface area contributed by atoms with Gasteiger partial charge in [-0.25, -0.2) is 9.97 Å². The van der Waals surface area contributed by atoms with Crippen molar-refractivity contribution >= 4 is 27.3 Å². The molecule has 0 unspecified atom stereocenters. The van der Waals surface area contributed by atoms with Crippen LogP contribution in [-0.4, -0.2) is 16.1 Å². The number of rotatable bonds is 4. The van der Waals surface area contributed by atoms with Crippen molar-refractivity contribution in [2.75, 3.05) is 0 Å². The molecule has 0 fully saturated rings. The normalized spacial score (nSPS) is 10.6. The van der Waals surface area contributed by atoms with Crippen LogP contribution in [0.4, 0.5) is 0 Å². The highest BCUT2D eigenvalue weighted by atomic mass is 79.9. The van der Waals surface area contributed by atoms with Crippen molar-refractivity contribution in [2.24, 2.45) is 0 Å². The largest absolute Gasteiger partial charge is 0.475 e. The molecule has 0 radical (unpaired) electrons. The lowest BCUT2D eigenvalue weighted by atomic mass is 10.4. The Morgan fingerprint density at radius 2 is 2.06 bits per heavy atom. The Bertz CT molecular complexity index is 484. The van der Waals surface area contributed by atoms with E-state index in [1.54, 1.807) is 24.5 Å². The monoisotopic (exact) mass is 314 g/mol. The van der Waals surface area contributed by atoms with Gasteiger partial charge in [0.25, 0.3) is 5.19 Å². The molecule has 0 atom stereocenters. The number of hydrogen-bond acceptors (Lipinski definition) is 5. The molecule has 2 rings (SSSR count). The zero-order valence-electron chi connectivity index (χ0n) is 9.38. The molecular formula is C11H11BrN2O2S. The van der Waals surface area contributed by atoms with Gasteiger partial charge in [-0.05, 0) is 35.8 Å². The summed E-state index contributed by atoms with van der Waals surface area (Å²) in [7, 11) is 0. The Kier molecular flexibility index (Phi) is 3.96. The second kappa shape index (κ2) is 5.46. The molecular weight excluding hydrogens is 304 g/mol. The van der Waals surface area contributed by atoms with Crippen LogP contribution in [0.25, 0.3) is 0 Å². The van der Waals surface area contributed by atoms with Crippen LogP contribution in [0, 0.1) is 0 Å². The summed E-state index contributed by atoms with van der Waals surface area (Å²) in [5.74, 6) is 1.23. The molecule has 0 spiro atoms. The van der Waals surface area contributed by atoms with E-state index in [9.17, 15) is 0 Å². The second-order valence-corrected chi connectivity index (χ2v) is 5.90. The number of aromatic nitrogens is 2. The van der Waals surface area contributed by atoms with E-state index in [2.05, 4.69) is 25.9 Å². The minimum atomic E-state index is 0.115. The fourth-order valence-corrected chi connectivity index (χ4v) is 2.16. The van der Waals surface area contributed by atoms with E-state index in [-0.39, 0.29) is 6.10 Å². The fourth-order valence-electron chi connectivity index (χ4n) is 1.13. The highest BCUT2D eigenvalue weighted by Gasteiger charge is 2.04. The molecule has 6 heteroatoms. The van der Waals surface area contributed by atoms with Gasteiger partial charge in [0.1, 0.15) is 5.75 Å². The molecule has 17 heavy (non-hydrogen) atoms. The third kappa shape index (κ3) is 3.67. The lowest BCUT2D eigenvalue weighted by Crippen LogP contribution is -2.06. The Labute approximate surface area is 112 Å². The molecule has 0 bridgehead atoms. The Morgan fingerprint density at radius 1 is 1.24 bits per heavy atom. The third-order valence-corrected chi connectivity index (χ3v) is 3.08. The number of nitrogens with zero attached hydrogens (tertiary/aromatic N) is 2. The van der Waals surface area contributed by atoms with Crippen molar-refractivity contribution in [2.45, 2.75) is 20.0 Å². The lowest BCUT2D eigenvalue weighted by molar-refractivity contribution is 0.232. The minimum absolute atomic E-state index is 0.115. The Hall–Kier alpha value is -1.14. The summed E-state index contributed by atoms with van der Waals surface area (Å²) in [4.78, 5) is 8.21. The number of halogens is 1. The van der Waals surface area contributed by atoms with E-state index in [0.29, 0.717) is 16.8 Å². The smallest absolute Gasteiger partial charge is 0.279 e. The van der Waals surface area contributed by atoms with Gasteiger partial charge in [0.2, 0.25) is 5.88 Å². The maximum atomic E-state index is 5.52. The number of hydrogen-bond donors (Lipinski definition) is 0. The molecule has 0 aromatic carbocycles. The molecule has 0 saturated carbocycles. The van der Waals surface area contributed by atoms with Crippen LogP contribution in [-0.2, 0) is 0 Å². The maximum Gasteiger partial charge on any atom is 0.279 e. The average Bonchev–Trinajstić information content (AvgIpc) is 2.66. The summed E-state index contributed by atoms with van der Waals surface area (Å²) in [5, 5.41) is 0.580. The first kappa shape index (κ1) is 12.3. The molecule has 4 nitrogen and oxygen atoms in total. The van der Waals surface area contributed by atoms with Gasteiger partial charge in [0, 0.05) is 6.07 Å². The highest BCUT2D eigenvalue weighted by Crippen LogP contribution is 2.29. The predicted octanol–water partition coefficient (Wildman–Crippen LogP) is 3.88. The SMILES string of the molecule is CC(C)Oc1ccc(Oc2ncc(Br)s2)cn1. The molecule has 2 aromatic rings. The van der Waals surface area contributed by atoms with E-state index in [1.807, 2.05) is 13.8 Å². The number of ether oxygens (including phenoxy) is 2. The van der Waals surface area contributed by atoms with Crippen LogP contribution in [0.3, 0.4) is 0 Å². The summed E-state index contributed by atoms with van der Waals surface area (Å²) in [6.45, 7) is 3.92. The molecule has 2 aromatic heterocycles. The first-order valence-corrected chi connectivity index (χ1v) is 6.66. The quantitative estimate of drug-likeness (QED) is 0.859. The molecule has 2 heterocycles. The zero-order chi connectivity index (χ0) is 12.3. The van der Waals surface area contributed by atoms with Gasteiger partial charge in [0.15, 0.2) is 0 Å². The van der Waals surface area contributed by atoms with E-state index in [1.165, 1.54) is 11.3 Å². The van der Waals surface area contributed by atoms with Crippen LogP contribution in [0.5, 0.6) is 16.8 Å².